The van der Waals surface area contributed by atoms with Crippen LogP contribution in [0.4, 0.5) is 0 Å². The largest absolute Gasteiger partial charge is 0.364 e. The Hall–Kier alpha value is -2.70. The molecule has 0 saturated carbocycles. The summed E-state index contributed by atoms with van der Waals surface area (Å²) in [5.41, 5.74) is 0.525. The van der Waals surface area contributed by atoms with Crippen LogP contribution in [-0.2, 0) is 13.6 Å². The van der Waals surface area contributed by atoms with E-state index in [9.17, 15) is 4.79 Å². The highest BCUT2D eigenvalue weighted by Gasteiger charge is 2.11. The highest BCUT2D eigenvalue weighted by molar-refractivity contribution is 5.53. The van der Waals surface area contributed by atoms with E-state index in [-0.39, 0.29) is 12.2 Å². The number of aryl methyl sites for hydroxylation is 1. The second kappa shape index (κ2) is 4.52. The molecule has 0 aliphatic carbocycles. The van der Waals surface area contributed by atoms with E-state index < -0.39 is 0 Å². The van der Waals surface area contributed by atoms with Crippen molar-refractivity contribution < 1.29 is 4.52 Å². The maximum atomic E-state index is 11.5. The van der Waals surface area contributed by atoms with E-state index in [2.05, 4.69) is 15.1 Å². The third-order valence-electron chi connectivity index (χ3n) is 2.72. The van der Waals surface area contributed by atoms with Gasteiger partial charge in [-0.15, -0.1) is 0 Å². The quantitative estimate of drug-likeness (QED) is 0.689. The van der Waals surface area contributed by atoms with Crippen molar-refractivity contribution in [3.05, 3.63) is 53.0 Å². The van der Waals surface area contributed by atoms with Crippen molar-refractivity contribution in [3.8, 4) is 11.4 Å². The predicted octanol–water partition coefficient (Wildman–Crippen LogP) is 0.680. The van der Waals surface area contributed by atoms with Crippen LogP contribution in [0.2, 0.25) is 0 Å². The van der Waals surface area contributed by atoms with Crippen LogP contribution in [0.25, 0.3) is 11.4 Å². The van der Waals surface area contributed by atoms with Crippen LogP contribution in [0.15, 0.2) is 46.0 Å². The summed E-state index contributed by atoms with van der Waals surface area (Å²) < 4.78 is 8.12. The third-order valence-corrected chi connectivity index (χ3v) is 2.72. The molecule has 7 heteroatoms. The molecule has 96 valence electrons. The molecule has 0 atom stereocenters. The molecule has 0 bridgehead atoms. The first-order chi connectivity index (χ1) is 9.24. The Morgan fingerprint density at radius 3 is 2.74 bits per heavy atom. The summed E-state index contributed by atoms with van der Waals surface area (Å²) in [4.78, 5) is 19.4. The van der Waals surface area contributed by atoms with Gasteiger partial charge in [-0.05, 0) is 0 Å². The Morgan fingerprint density at radius 1 is 1.26 bits per heavy atom. The van der Waals surface area contributed by atoms with E-state index >= 15 is 0 Å². The molecule has 7 nitrogen and oxygen atoms in total. The Balaban J connectivity index is 1.89. The third kappa shape index (κ3) is 2.17. The normalized spacial score (nSPS) is 10.8. The highest BCUT2D eigenvalue weighted by Crippen LogP contribution is 2.14. The molecule has 3 rings (SSSR count). The Morgan fingerprint density at radius 2 is 2.05 bits per heavy atom. The van der Waals surface area contributed by atoms with Crippen molar-refractivity contribution >= 4 is 0 Å². The van der Waals surface area contributed by atoms with Crippen molar-refractivity contribution in [1.29, 1.82) is 0 Å². The van der Waals surface area contributed by atoms with Crippen LogP contribution in [0.5, 0.6) is 0 Å². The zero-order valence-electron chi connectivity index (χ0n) is 10.2. The lowest BCUT2D eigenvalue weighted by Crippen LogP contribution is -2.23. The fourth-order valence-electron chi connectivity index (χ4n) is 1.73. The summed E-state index contributed by atoms with van der Waals surface area (Å²) in [7, 11) is 1.73. The van der Waals surface area contributed by atoms with Crippen LogP contribution < -0.4 is 5.69 Å². The van der Waals surface area contributed by atoms with E-state index in [1.165, 1.54) is 11.0 Å². The first-order valence-electron chi connectivity index (χ1n) is 5.70. The average molecular weight is 257 g/mol. The minimum atomic E-state index is -0.345. The first-order valence-corrected chi connectivity index (χ1v) is 5.70. The zero-order valence-corrected chi connectivity index (χ0v) is 10.2. The lowest BCUT2D eigenvalue weighted by atomic mass is 10.2. The fourth-order valence-corrected chi connectivity index (χ4v) is 1.73. The zero-order chi connectivity index (χ0) is 13.2. The number of benzene rings is 1. The highest BCUT2D eigenvalue weighted by atomic mass is 16.5. The molecule has 0 fully saturated rings. The standard InChI is InChI=1S/C12H11N5O2/c1-16-8-13-12(18)17(16)7-10-14-11(15-19-10)9-5-3-2-4-6-9/h2-6,8H,7H2,1H3. The number of hydrogen-bond donors (Lipinski definition) is 0. The molecular formula is C12H11N5O2. The Labute approximate surface area is 108 Å². The van der Waals surface area contributed by atoms with Crippen molar-refractivity contribution in [2.24, 2.45) is 7.05 Å². The molecule has 0 aliphatic heterocycles. The van der Waals surface area contributed by atoms with Gasteiger partial charge in [0.15, 0.2) is 0 Å². The van der Waals surface area contributed by atoms with Gasteiger partial charge < -0.3 is 4.52 Å². The molecule has 19 heavy (non-hydrogen) atoms. The number of rotatable bonds is 3. The van der Waals surface area contributed by atoms with E-state index in [0.717, 1.165) is 5.56 Å². The molecule has 0 saturated heterocycles. The number of aromatic nitrogens is 5. The van der Waals surface area contributed by atoms with E-state index in [4.69, 9.17) is 4.52 Å². The minimum absolute atomic E-state index is 0.204. The molecular weight excluding hydrogens is 246 g/mol. The maximum absolute atomic E-state index is 11.5. The first kappa shape index (κ1) is 11.4. The summed E-state index contributed by atoms with van der Waals surface area (Å²) >= 11 is 0. The van der Waals surface area contributed by atoms with Crippen molar-refractivity contribution in [1.82, 2.24) is 24.5 Å². The topological polar surface area (TPSA) is 78.7 Å². The van der Waals surface area contributed by atoms with E-state index in [1.807, 2.05) is 30.3 Å². The van der Waals surface area contributed by atoms with Gasteiger partial charge in [0.25, 0.3) is 0 Å². The summed E-state index contributed by atoms with van der Waals surface area (Å²) in [6.45, 7) is 0.204. The maximum Gasteiger partial charge on any atom is 0.364 e. The second-order valence-electron chi connectivity index (χ2n) is 4.04. The van der Waals surface area contributed by atoms with Crippen LogP contribution in [-0.4, -0.2) is 24.5 Å². The summed E-state index contributed by atoms with van der Waals surface area (Å²) in [5.74, 6) is 0.871. The van der Waals surface area contributed by atoms with Gasteiger partial charge in [-0.25, -0.2) is 9.48 Å². The van der Waals surface area contributed by atoms with Crippen molar-refractivity contribution in [2.75, 3.05) is 0 Å². The van der Waals surface area contributed by atoms with Gasteiger partial charge in [-0.3, -0.25) is 4.68 Å². The molecule has 2 aromatic heterocycles. The van der Waals surface area contributed by atoms with Crippen LogP contribution in [0.3, 0.4) is 0 Å². The summed E-state index contributed by atoms with van der Waals surface area (Å²) in [6, 6.07) is 9.50. The Kier molecular flexibility index (Phi) is 2.71. The van der Waals surface area contributed by atoms with Gasteiger partial charge in [0.2, 0.25) is 11.7 Å². The van der Waals surface area contributed by atoms with Crippen LogP contribution >= 0.6 is 0 Å². The molecule has 3 aromatic rings. The number of hydrogen-bond acceptors (Lipinski definition) is 5. The second-order valence-corrected chi connectivity index (χ2v) is 4.04. The van der Waals surface area contributed by atoms with E-state index in [0.29, 0.717) is 11.7 Å². The summed E-state index contributed by atoms with van der Waals surface area (Å²) in [6.07, 6.45) is 1.44. The van der Waals surface area contributed by atoms with Gasteiger partial charge in [0.1, 0.15) is 12.9 Å². The molecule has 0 N–H and O–H groups in total. The lowest BCUT2D eigenvalue weighted by Gasteiger charge is -2.00. The predicted molar refractivity (Wildman–Crippen MR) is 66.3 cm³/mol. The molecule has 0 amide bonds. The Bertz CT molecular complexity index is 741. The minimum Gasteiger partial charge on any atom is -0.337 e. The molecule has 0 unspecified atom stereocenters. The molecule has 0 aliphatic rings. The SMILES string of the molecule is Cn1cnc(=O)n1Cc1nc(-c2ccccc2)no1. The van der Waals surface area contributed by atoms with Gasteiger partial charge in [0, 0.05) is 12.6 Å². The molecule has 0 radical (unpaired) electrons. The number of nitrogens with zero attached hydrogens (tertiary/aromatic N) is 5. The molecule has 1 aromatic carbocycles. The van der Waals surface area contributed by atoms with Crippen LogP contribution in [0, 0.1) is 0 Å². The lowest BCUT2D eigenvalue weighted by molar-refractivity contribution is 0.354. The van der Waals surface area contributed by atoms with Crippen molar-refractivity contribution in [3.63, 3.8) is 0 Å². The summed E-state index contributed by atoms with van der Waals surface area (Å²) in [5, 5.41) is 3.90. The smallest absolute Gasteiger partial charge is 0.337 e. The molecule has 2 heterocycles. The van der Waals surface area contributed by atoms with Gasteiger partial charge >= 0.3 is 5.69 Å². The van der Waals surface area contributed by atoms with Gasteiger partial charge in [-0.1, -0.05) is 35.5 Å². The van der Waals surface area contributed by atoms with Crippen LogP contribution in [0.1, 0.15) is 5.89 Å². The molecule has 0 spiro atoms. The van der Waals surface area contributed by atoms with Gasteiger partial charge in [0.05, 0.1) is 0 Å². The monoisotopic (exact) mass is 257 g/mol. The average Bonchev–Trinajstić information content (AvgIpc) is 3.02. The van der Waals surface area contributed by atoms with E-state index in [1.54, 1.807) is 11.7 Å². The van der Waals surface area contributed by atoms with Gasteiger partial charge in [-0.2, -0.15) is 9.97 Å². The fraction of sp³-hybridized carbons (Fsp3) is 0.167. The van der Waals surface area contributed by atoms with Crippen molar-refractivity contribution in [2.45, 2.75) is 6.54 Å².